The molecule has 0 aliphatic rings. The number of anilines is 1. The molecule has 0 saturated carbocycles. The van der Waals surface area contributed by atoms with E-state index in [4.69, 9.17) is 10.2 Å². The van der Waals surface area contributed by atoms with Gasteiger partial charge in [0.1, 0.15) is 0 Å². The smallest absolute Gasteiger partial charge is 0.417 e. The van der Waals surface area contributed by atoms with E-state index in [2.05, 4.69) is 5.32 Å². The Morgan fingerprint density at radius 3 is 2.53 bits per heavy atom. The first-order valence-corrected chi connectivity index (χ1v) is 5.58. The maximum atomic E-state index is 12.6. The molecule has 0 heterocycles. The molecule has 0 saturated heterocycles. The van der Waals surface area contributed by atoms with Gasteiger partial charge in [0.15, 0.2) is 0 Å². The highest BCUT2D eigenvalue weighted by molar-refractivity contribution is 5.91. The molecule has 0 aromatic heterocycles. The third-order valence-electron chi connectivity index (χ3n) is 2.45. The Morgan fingerprint density at radius 2 is 2.05 bits per heavy atom. The summed E-state index contributed by atoms with van der Waals surface area (Å²) in [4.78, 5) is 10.8. The second kappa shape index (κ2) is 5.92. The zero-order chi connectivity index (χ0) is 14.6. The van der Waals surface area contributed by atoms with E-state index in [-0.39, 0.29) is 5.69 Å². The number of rotatable bonds is 5. The number of carboxylic acid groups (broad SMARTS) is 1. The van der Waals surface area contributed by atoms with Gasteiger partial charge in [-0.05, 0) is 31.5 Å². The number of halogens is 3. The maximum absolute atomic E-state index is 12.6. The van der Waals surface area contributed by atoms with Crippen molar-refractivity contribution in [3.63, 3.8) is 0 Å². The Labute approximate surface area is 107 Å². The molecular weight excluding hydrogens is 263 g/mol. The van der Waals surface area contributed by atoms with Gasteiger partial charge in [-0.3, -0.25) is 0 Å². The number of aromatic carboxylic acids is 1. The molecule has 1 rings (SSSR count). The van der Waals surface area contributed by atoms with Crippen molar-refractivity contribution in [2.24, 2.45) is 0 Å². The van der Waals surface area contributed by atoms with Gasteiger partial charge in [-0.2, -0.15) is 13.2 Å². The van der Waals surface area contributed by atoms with E-state index in [1.165, 1.54) is 0 Å². The van der Waals surface area contributed by atoms with Gasteiger partial charge < -0.3 is 15.5 Å². The Bertz CT molecular complexity index is 458. The predicted molar refractivity (Wildman–Crippen MR) is 63.2 cm³/mol. The molecule has 0 fully saturated rings. The summed E-state index contributed by atoms with van der Waals surface area (Å²) in [5.41, 5.74) is -1.71. The number of benzene rings is 1. The number of hydrogen-bond donors (Lipinski definition) is 3. The molecule has 0 radical (unpaired) electrons. The van der Waals surface area contributed by atoms with Crippen LogP contribution in [0.25, 0.3) is 0 Å². The lowest BCUT2D eigenvalue weighted by molar-refractivity contribution is -0.138. The minimum absolute atomic E-state index is 0.269. The van der Waals surface area contributed by atoms with E-state index < -0.39 is 29.4 Å². The lowest BCUT2D eigenvalue weighted by atomic mass is 10.1. The van der Waals surface area contributed by atoms with Crippen LogP contribution in [0.1, 0.15) is 29.3 Å². The summed E-state index contributed by atoms with van der Waals surface area (Å²) >= 11 is 0. The molecule has 4 nitrogen and oxygen atoms in total. The van der Waals surface area contributed by atoms with Gasteiger partial charge in [0, 0.05) is 12.2 Å². The highest BCUT2D eigenvalue weighted by atomic mass is 19.4. The Balaban J connectivity index is 2.94. The zero-order valence-electron chi connectivity index (χ0n) is 10.2. The Kier molecular flexibility index (Phi) is 4.77. The molecule has 0 spiro atoms. The largest absolute Gasteiger partial charge is 0.478 e. The van der Waals surface area contributed by atoms with E-state index in [9.17, 15) is 18.0 Å². The van der Waals surface area contributed by atoms with Gasteiger partial charge >= 0.3 is 12.1 Å². The molecule has 0 aliphatic carbocycles. The number of alkyl halides is 3. The first-order chi connectivity index (χ1) is 8.71. The SMILES string of the molecule is CC(O)CCNc1ccc(C(F)(F)F)c(C(=O)O)c1. The molecule has 3 N–H and O–H groups in total. The average molecular weight is 277 g/mol. The minimum Gasteiger partial charge on any atom is -0.478 e. The molecule has 1 aromatic rings. The standard InChI is InChI=1S/C12H14F3NO3/c1-7(17)4-5-16-8-2-3-10(12(13,14)15)9(6-8)11(18)19/h2-3,6-7,16-17H,4-5H2,1H3,(H,18,19). The maximum Gasteiger partial charge on any atom is 0.417 e. The van der Waals surface area contributed by atoms with Gasteiger partial charge in [-0.25, -0.2) is 4.79 Å². The predicted octanol–water partition coefficient (Wildman–Crippen LogP) is 2.59. The van der Waals surface area contributed by atoms with Crippen molar-refractivity contribution in [3.05, 3.63) is 29.3 Å². The van der Waals surface area contributed by atoms with E-state index in [1.54, 1.807) is 6.92 Å². The number of nitrogens with one attached hydrogen (secondary N) is 1. The third-order valence-corrected chi connectivity index (χ3v) is 2.45. The van der Waals surface area contributed by atoms with Crippen LogP contribution >= 0.6 is 0 Å². The molecule has 1 unspecified atom stereocenters. The first kappa shape index (κ1) is 15.3. The monoisotopic (exact) mass is 277 g/mol. The molecule has 0 amide bonds. The van der Waals surface area contributed by atoms with Gasteiger partial charge in [0.25, 0.3) is 0 Å². The van der Waals surface area contributed by atoms with Crippen LogP contribution < -0.4 is 5.32 Å². The van der Waals surface area contributed by atoms with Crippen LogP contribution in [0.3, 0.4) is 0 Å². The van der Waals surface area contributed by atoms with Crippen molar-refractivity contribution in [2.75, 3.05) is 11.9 Å². The summed E-state index contributed by atoms with van der Waals surface area (Å²) in [7, 11) is 0. The fraction of sp³-hybridized carbons (Fsp3) is 0.417. The fourth-order valence-corrected chi connectivity index (χ4v) is 1.50. The molecule has 0 bridgehead atoms. The van der Waals surface area contributed by atoms with Crippen LogP contribution in [-0.4, -0.2) is 28.8 Å². The van der Waals surface area contributed by atoms with Crippen LogP contribution in [0, 0.1) is 0 Å². The average Bonchev–Trinajstić information content (AvgIpc) is 2.26. The third kappa shape index (κ3) is 4.44. The second-order valence-electron chi connectivity index (χ2n) is 4.13. The summed E-state index contributed by atoms with van der Waals surface area (Å²) in [6, 6.07) is 2.83. The Hall–Kier alpha value is -1.76. The quantitative estimate of drug-likeness (QED) is 0.773. The topological polar surface area (TPSA) is 69.6 Å². The highest BCUT2D eigenvalue weighted by Gasteiger charge is 2.35. The van der Waals surface area contributed by atoms with E-state index in [1.807, 2.05) is 0 Å². The second-order valence-corrected chi connectivity index (χ2v) is 4.13. The summed E-state index contributed by atoms with van der Waals surface area (Å²) < 4.78 is 37.7. The van der Waals surface area contributed by atoms with Crippen LogP contribution in [0.4, 0.5) is 18.9 Å². The summed E-state index contributed by atoms with van der Waals surface area (Å²) in [6.45, 7) is 1.92. The first-order valence-electron chi connectivity index (χ1n) is 5.58. The van der Waals surface area contributed by atoms with Gasteiger partial charge in [-0.15, -0.1) is 0 Å². The molecule has 19 heavy (non-hydrogen) atoms. The molecule has 1 aromatic carbocycles. The summed E-state index contributed by atoms with van der Waals surface area (Å²) in [5.74, 6) is -1.63. The van der Waals surface area contributed by atoms with Crippen molar-refractivity contribution >= 4 is 11.7 Å². The molecule has 1 atom stereocenters. The van der Waals surface area contributed by atoms with E-state index >= 15 is 0 Å². The number of carboxylic acids is 1. The van der Waals surface area contributed by atoms with Gasteiger partial charge in [0.2, 0.25) is 0 Å². The molecule has 0 aliphatic heterocycles. The van der Waals surface area contributed by atoms with Crippen LogP contribution in [0.5, 0.6) is 0 Å². The van der Waals surface area contributed by atoms with Gasteiger partial charge in [0.05, 0.1) is 17.2 Å². The zero-order valence-corrected chi connectivity index (χ0v) is 10.2. The normalized spacial score (nSPS) is 13.1. The number of aliphatic hydroxyl groups excluding tert-OH is 1. The van der Waals surface area contributed by atoms with Crippen molar-refractivity contribution < 1.29 is 28.2 Å². The summed E-state index contributed by atoms with van der Waals surface area (Å²) in [6.07, 6.45) is -4.84. The number of carbonyl (C=O) groups is 1. The lowest BCUT2D eigenvalue weighted by Gasteiger charge is -2.13. The van der Waals surface area contributed by atoms with Crippen LogP contribution in [0.2, 0.25) is 0 Å². The number of aliphatic hydroxyl groups is 1. The van der Waals surface area contributed by atoms with Crippen molar-refractivity contribution in [1.82, 2.24) is 0 Å². The van der Waals surface area contributed by atoms with Gasteiger partial charge in [-0.1, -0.05) is 0 Å². The Morgan fingerprint density at radius 1 is 1.42 bits per heavy atom. The molecule has 7 heteroatoms. The highest BCUT2D eigenvalue weighted by Crippen LogP contribution is 2.33. The lowest BCUT2D eigenvalue weighted by Crippen LogP contribution is -2.14. The van der Waals surface area contributed by atoms with Crippen molar-refractivity contribution in [1.29, 1.82) is 0 Å². The van der Waals surface area contributed by atoms with Crippen LogP contribution in [-0.2, 0) is 6.18 Å². The molecular formula is C12H14F3NO3. The van der Waals surface area contributed by atoms with Crippen LogP contribution in [0.15, 0.2) is 18.2 Å². The number of hydrogen-bond acceptors (Lipinski definition) is 3. The molecule has 106 valence electrons. The van der Waals surface area contributed by atoms with Crippen molar-refractivity contribution in [2.45, 2.75) is 25.6 Å². The minimum atomic E-state index is -4.70. The van der Waals surface area contributed by atoms with Crippen molar-refractivity contribution in [3.8, 4) is 0 Å². The van der Waals surface area contributed by atoms with E-state index in [0.717, 1.165) is 18.2 Å². The fourth-order valence-electron chi connectivity index (χ4n) is 1.50. The summed E-state index contributed by atoms with van der Waals surface area (Å²) in [5, 5.41) is 20.6. The van der Waals surface area contributed by atoms with E-state index in [0.29, 0.717) is 13.0 Å².